The first-order valence-corrected chi connectivity index (χ1v) is 7.42. The van der Waals surface area contributed by atoms with Gasteiger partial charge in [-0.1, -0.05) is 11.6 Å². The Morgan fingerprint density at radius 3 is 2.54 bits per heavy atom. The van der Waals surface area contributed by atoms with E-state index in [2.05, 4.69) is 14.7 Å². The van der Waals surface area contributed by atoms with Crippen LogP contribution in [0.1, 0.15) is 5.56 Å². The van der Waals surface area contributed by atoms with E-state index in [1.165, 1.54) is 12.3 Å². The Bertz CT molecular complexity index is 741. The van der Waals surface area contributed by atoms with Crippen molar-refractivity contribution in [2.75, 3.05) is 13.1 Å². The van der Waals surface area contributed by atoms with Gasteiger partial charge in [-0.3, -0.25) is 9.88 Å². The van der Waals surface area contributed by atoms with E-state index in [0.717, 1.165) is 12.3 Å². The first-order valence-electron chi connectivity index (χ1n) is 7.04. The molecule has 0 saturated carbocycles. The number of nitrogens with zero attached hydrogens (tertiary/aromatic N) is 3. The number of rotatable bonds is 5. The second-order valence-electron chi connectivity index (χ2n) is 5.37. The Kier molecular flexibility index (Phi) is 4.98. The van der Waals surface area contributed by atoms with Gasteiger partial charge in [0.05, 0.1) is 11.7 Å². The molecular weight excluding hydrogens is 350 g/mol. The molecule has 2 aromatic heterocycles. The average molecular weight is 362 g/mol. The number of hydrogen-bond donors (Lipinski definition) is 0. The van der Waals surface area contributed by atoms with Crippen LogP contribution in [-0.2, 0) is 11.3 Å². The summed E-state index contributed by atoms with van der Waals surface area (Å²) in [4.78, 5) is 9.47. The van der Waals surface area contributed by atoms with Crippen molar-refractivity contribution in [1.29, 1.82) is 0 Å². The summed E-state index contributed by atoms with van der Waals surface area (Å²) in [5, 5.41) is -0.0355. The average Bonchev–Trinajstić information content (AvgIpc) is 2.46. The zero-order chi connectivity index (χ0) is 17.3. The number of aromatic nitrogens is 2. The van der Waals surface area contributed by atoms with Crippen LogP contribution in [0.15, 0.2) is 24.5 Å². The molecule has 1 aliphatic heterocycles. The van der Waals surface area contributed by atoms with Crippen molar-refractivity contribution in [3.63, 3.8) is 0 Å². The Labute approximate surface area is 140 Å². The molecule has 0 radical (unpaired) electrons. The molecule has 3 heterocycles. The predicted molar refractivity (Wildman–Crippen MR) is 78.5 cm³/mol. The Morgan fingerprint density at radius 2 is 1.92 bits per heavy atom. The first kappa shape index (κ1) is 17.1. The maximum atomic E-state index is 14.2. The van der Waals surface area contributed by atoms with Crippen LogP contribution in [0.2, 0.25) is 5.15 Å². The fourth-order valence-electron chi connectivity index (χ4n) is 2.49. The van der Waals surface area contributed by atoms with Crippen molar-refractivity contribution in [3.05, 3.63) is 46.9 Å². The number of pyridine rings is 2. The zero-order valence-electron chi connectivity index (χ0n) is 12.2. The van der Waals surface area contributed by atoms with Gasteiger partial charge in [-0.2, -0.15) is 8.78 Å². The maximum absolute atomic E-state index is 14.2. The number of likely N-dealkylation sites (tertiary alicyclic amines) is 1. The fraction of sp³-hybridized carbons (Fsp3) is 0.333. The van der Waals surface area contributed by atoms with Gasteiger partial charge in [0.15, 0.2) is 0 Å². The van der Waals surface area contributed by atoms with Gasteiger partial charge in [-0.15, -0.1) is 0 Å². The Hall–Kier alpha value is -1.77. The summed E-state index contributed by atoms with van der Waals surface area (Å²) in [6.07, 6.45) is 2.01. The highest BCUT2D eigenvalue weighted by atomic mass is 35.5. The molecule has 128 valence electrons. The molecule has 24 heavy (non-hydrogen) atoms. The van der Waals surface area contributed by atoms with Gasteiger partial charge >= 0.3 is 6.61 Å². The minimum atomic E-state index is -2.79. The smallest absolute Gasteiger partial charge is 0.317 e. The highest BCUT2D eigenvalue weighted by Crippen LogP contribution is 2.26. The molecule has 9 heteroatoms. The predicted octanol–water partition coefficient (Wildman–Crippen LogP) is 3.50. The largest absolute Gasteiger partial charge is 0.345 e. The lowest BCUT2D eigenvalue weighted by Gasteiger charge is -2.38. The Morgan fingerprint density at radius 1 is 1.17 bits per heavy atom. The molecule has 0 N–H and O–H groups in total. The number of halogens is 5. The van der Waals surface area contributed by atoms with Gasteiger partial charge in [0.1, 0.15) is 22.5 Å². The number of alkyl halides is 2. The first-order chi connectivity index (χ1) is 11.4. The second-order valence-corrected chi connectivity index (χ2v) is 5.76. The van der Waals surface area contributed by atoms with E-state index in [0.29, 0.717) is 25.2 Å². The monoisotopic (exact) mass is 361 g/mol. The van der Waals surface area contributed by atoms with Gasteiger partial charge in [-0.05, 0) is 11.6 Å². The van der Waals surface area contributed by atoms with Gasteiger partial charge < -0.3 is 4.74 Å². The lowest BCUT2D eigenvalue weighted by atomic mass is 10.1. The molecule has 0 amide bonds. The maximum Gasteiger partial charge on any atom is 0.345 e. The van der Waals surface area contributed by atoms with Gasteiger partial charge in [-0.25, -0.2) is 13.8 Å². The van der Waals surface area contributed by atoms with Crippen LogP contribution >= 0.6 is 11.6 Å². The summed E-state index contributed by atoms with van der Waals surface area (Å²) in [6.45, 7) is -1.78. The van der Waals surface area contributed by atoms with Crippen LogP contribution < -0.4 is 0 Å². The number of ether oxygens (including phenoxy) is 1. The summed E-state index contributed by atoms with van der Waals surface area (Å²) >= 11 is 5.56. The van der Waals surface area contributed by atoms with Crippen LogP contribution in [0.3, 0.4) is 0 Å². The van der Waals surface area contributed by atoms with E-state index < -0.39 is 24.3 Å². The van der Waals surface area contributed by atoms with Crippen molar-refractivity contribution < 1.29 is 22.3 Å². The van der Waals surface area contributed by atoms with Gasteiger partial charge in [0.25, 0.3) is 0 Å². The summed E-state index contributed by atoms with van der Waals surface area (Å²) < 4.78 is 56.4. The molecule has 3 rings (SSSR count). The van der Waals surface area contributed by atoms with Crippen LogP contribution in [0.4, 0.5) is 17.6 Å². The second kappa shape index (κ2) is 7.00. The van der Waals surface area contributed by atoms with E-state index >= 15 is 0 Å². The summed E-state index contributed by atoms with van der Waals surface area (Å²) in [6, 6.07) is 2.22. The standard InChI is InChI=1S/C15H12ClF4N3O/c16-13-2-11(17)10(4-21-13)14-12(18)1-8(3-22-14)5-23-6-9(7-23)24-15(19)20/h1-4,9,15H,5-7H2. The fourth-order valence-corrected chi connectivity index (χ4v) is 2.63. The molecule has 0 unspecified atom stereocenters. The molecule has 0 aromatic carbocycles. The van der Waals surface area contributed by atoms with Crippen LogP contribution in [-0.4, -0.2) is 40.7 Å². The topological polar surface area (TPSA) is 38.2 Å². The van der Waals surface area contributed by atoms with Crippen LogP contribution in [0.25, 0.3) is 11.3 Å². The molecule has 0 bridgehead atoms. The van der Waals surface area contributed by atoms with E-state index in [9.17, 15) is 17.6 Å². The molecule has 1 fully saturated rings. The highest BCUT2D eigenvalue weighted by Gasteiger charge is 2.30. The quantitative estimate of drug-likeness (QED) is 0.603. The minimum absolute atomic E-state index is 0.0355. The zero-order valence-corrected chi connectivity index (χ0v) is 13.0. The third-order valence-electron chi connectivity index (χ3n) is 3.60. The summed E-state index contributed by atoms with van der Waals surface area (Å²) in [7, 11) is 0. The Balaban J connectivity index is 1.67. The van der Waals surface area contributed by atoms with Crippen molar-refractivity contribution in [2.45, 2.75) is 19.3 Å². The van der Waals surface area contributed by atoms with E-state index in [4.69, 9.17) is 11.6 Å². The highest BCUT2D eigenvalue weighted by molar-refractivity contribution is 6.29. The summed E-state index contributed by atoms with van der Waals surface area (Å²) in [5.41, 5.74) is 0.301. The lowest BCUT2D eigenvalue weighted by Crippen LogP contribution is -2.52. The molecule has 2 aromatic rings. The summed E-state index contributed by atoms with van der Waals surface area (Å²) in [5.74, 6) is -1.42. The molecule has 1 saturated heterocycles. The lowest BCUT2D eigenvalue weighted by molar-refractivity contribution is -0.197. The molecular formula is C15H12ClF4N3O. The van der Waals surface area contributed by atoms with E-state index in [1.54, 1.807) is 0 Å². The van der Waals surface area contributed by atoms with Crippen LogP contribution in [0, 0.1) is 11.6 Å². The van der Waals surface area contributed by atoms with E-state index in [1.807, 2.05) is 4.90 Å². The SMILES string of the molecule is Fc1cc(Cl)ncc1-c1ncc(CN2CC(OC(F)F)C2)cc1F. The molecule has 1 aliphatic rings. The molecule has 4 nitrogen and oxygen atoms in total. The van der Waals surface area contributed by atoms with Crippen molar-refractivity contribution >= 4 is 11.6 Å². The number of hydrogen-bond acceptors (Lipinski definition) is 4. The third kappa shape index (κ3) is 3.82. The van der Waals surface area contributed by atoms with E-state index in [-0.39, 0.29) is 16.4 Å². The molecule has 0 aliphatic carbocycles. The van der Waals surface area contributed by atoms with Crippen molar-refractivity contribution in [3.8, 4) is 11.3 Å². The normalized spacial score (nSPS) is 15.8. The minimum Gasteiger partial charge on any atom is -0.317 e. The van der Waals surface area contributed by atoms with Crippen molar-refractivity contribution in [1.82, 2.24) is 14.9 Å². The van der Waals surface area contributed by atoms with Crippen molar-refractivity contribution in [2.24, 2.45) is 0 Å². The van der Waals surface area contributed by atoms with Gasteiger partial charge in [0.2, 0.25) is 0 Å². The van der Waals surface area contributed by atoms with Crippen LogP contribution in [0.5, 0.6) is 0 Å². The molecule has 0 spiro atoms. The molecule has 0 atom stereocenters. The van der Waals surface area contributed by atoms with Gasteiger partial charge in [0, 0.05) is 38.1 Å². The third-order valence-corrected chi connectivity index (χ3v) is 3.80.